The van der Waals surface area contributed by atoms with Crippen LogP contribution in [0.4, 0.5) is 34.1 Å². The fraction of sp³-hybridized carbons (Fsp3) is 0.0312. The van der Waals surface area contributed by atoms with Crippen LogP contribution in [0.15, 0.2) is 132 Å². The zero-order valence-corrected chi connectivity index (χ0v) is 42.0. The number of hydrogen-bond acceptors (Lipinski definition) is 20. The van der Waals surface area contributed by atoms with Gasteiger partial charge >= 0.3 is 106 Å². The second kappa shape index (κ2) is 23.9. The first kappa shape index (κ1) is 58.4. The Morgan fingerprint density at radius 2 is 1.34 bits per heavy atom. The van der Waals surface area contributed by atoms with Crippen molar-refractivity contribution in [3.8, 4) is 17.2 Å². The number of hydrogen-bond donors (Lipinski definition) is 3. The molecular weight excluding hydrogens is 954 g/mol. The third-order valence-corrected chi connectivity index (χ3v) is 9.89. The number of allylic oxidation sites excluding steroid dienone is 1. The summed E-state index contributed by atoms with van der Waals surface area (Å²) in [5, 5.41) is 78.8. The smallest absolute Gasteiger partial charge is 0.874 e. The van der Waals surface area contributed by atoms with Gasteiger partial charge in [0.15, 0.2) is 0 Å². The zero-order valence-electron chi connectivity index (χ0n) is 32.2. The van der Waals surface area contributed by atoms with Crippen LogP contribution >= 0.6 is 0 Å². The average molecular weight is 976 g/mol. The van der Waals surface area contributed by atoms with Crippen LogP contribution in [0.3, 0.4) is 0 Å². The maximum absolute atomic E-state index is 12.8. The predicted molar refractivity (Wildman–Crippen MR) is 190 cm³/mol. The molecule has 0 aliphatic rings. The van der Waals surface area contributed by atoms with E-state index >= 15 is 0 Å². The number of fused-ring (bicyclic) bond motifs is 1. The first-order chi connectivity index (χ1) is 26.9. The summed E-state index contributed by atoms with van der Waals surface area (Å²) < 4.78 is 92.2. The molecule has 0 bridgehead atoms. The molecule has 5 aromatic carbocycles. The molecule has 0 fully saturated rings. The van der Waals surface area contributed by atoms with E-state index in [1.165, 1.54) is 0 Å². The topological polar surface area (TPSA) is 414 Å². The van der Waals surface area contributed by atoms with Gasteiger partial charge in [-0.15, -0.1) is 16.0 Å². The van der Waals surface area contributed by atoms with Gasteiger partial charge in [-0.2, -0.15) is 10.2 Å². The van der Waals surface area contributed by atoms with Crippen LogP contribution in [-0.4, -0.2) is 45.2 Å². The van der Waals surface area contributed by atoms with Crippen LogP contribution in [-0.2, 0) is 52.4 Å². The second-order valence-corrected chi connectivity index (χ2v) is 15.5. The van der Waals surface area contributed by atoms with E-state index in [1.807, 2.05) is 0 Å². The van der Waals surface area contributed by atoms with Gasteiger partial charge in [-0.05, 0) is 48.5 Å². The monoisotopic (exact) mass is 975 g/mol. The Balaban J connectivity index is 0.00000115. The van der Waals surface area contributed by atoms with Crippen LogP contribution in [0.25, 0.3) is 10.8 Å². The molecule has 5 N–H and O–H groups in total. The van der Waals surface area contributed by atoms with Gasteiger partial charge in [0.2, 0.25) is 10.0 Å². The average Bonchev–Trinajstić information content (AvgIpc) is 3.11. The molecule has 0 aromatic heterocycles. The van der Waals surface area contributed by atoms with Gasteiger partial charge in [0, 0.05) is 34.3 Å². The largest absolute Gasteiger partial charge is 3.00 e. The van der Waals surface area contributed by atoms with E-state index in [4.69, 9.17) is 10.9 Å². The Hall–Kier alpha value is -3.57. The van der Waals surface area contributed by atoms with Gasteiger partial charge in [0.1, 0.15) is 25.9 Å². The molecule has 0 heterocycles. The Morgan fingerprint density at radius 3 is 1.85 bits per heavy atom. The molecule has 0 unspecified atom stereocenters. The van der Waals surface area contributed by atoms with Crippen molar-refractivity contribution in [2.75, 3.05) is 11.1 Å². The van der Waals surface area contributed by atoms with Crippen molar-refractivity contribution in [1.82, 2.24) is 0 Å². The normalized spacial score (nSPS) is 11.7. The van der Waals surface area contributed by atoms with Crippen molar-refractivity contribution in [3.05, 3.63) is 106 Å². The minimum atomic E-state index is -5.46. The number of carbonyl (C=O) groups is 1. The van der Waals surface area contributed by atoms with Crippen molar-refractivity contribution >= 4 is 81.1 Å². The molecule has 1 amide bonds. The molecule has 5 aromatic rings. The number of non-ortho nitro benzene ring substituents is 1. The molecule has 30 heteroatoms. The SMILES string of the molecule is C/C([O-])=C(/N=Nc1cc(S(N)(=O)=O)ccc1[O-])C(=O)Nc1ccccc1.Nc1ccc(S(=O)(=O)[O-])c2cc(S(=O)(=O)[O-])c(N=Nc3ccc([N+](=O)[O-])cc3[O-])c([O-])c12.[Cr+3].[Na+].[Na+].[Na+]. The van der Waals surface area contributed by atoms with Gasteiger partial charge < -0.3 is 40.6 Å². The van der Waals surface area contributed by atoms with E-state index in [0.717, 1.165) is 49.4 Å². The number of nitrogens with zero attached hydrogens (tertiary/aromatic N) is 5. The molecule has 0 saturated carbocycles. The molecule has 0 aliphatic carbocycles. The summed E-state index contributed by atoms with van der Waals surface area (Å²) in [5.74, 6) is -4.49. The minimum Gasteiger partial charge on any atom is -0.874 e. The van der Waals surface area contributed by atoms with E-state index in [9.17, 15) is 69.7 Å². The van der Waals surface area contributed by atoms with Gasteiger partial charge in [-0.3, -0.25) is 14.9 Å². The number of nitrogens with two attached hydrogens (primary N) is 2. The number of carbonyl (C=O) groups excluding carboxylic acids is 1. The van der Waals surface area contributed by atoms with Crippen LogP contribution in [0.1, 0.15) is 6.92 Å². The molecule has 62 heavy (non-hydrogen) atoms. The summed E-state index contributed by atoms with van der Waals surface area (Å²) in [7, 11) is -14.7. The van der Waals surface area contributed by atoms with Gasteiger partial charge in [0.05, 0.1) is 36.7 Å². The fourth-order valence-corrected chi connectivity index (χ4v) is 6.42. The van der Waals surface area contributed by atoms with Crippen molar-refractivity contribution in [1.29, 1.82) is 0 Å². The summed E-state index contributed by atoms with van der Waals surface area (Å²) in [6.07, 6.45) is 0. The van der Waals surface area contributed by atoms with Crippen molar-refractivity contribution in [2.45, 2.75) is 21.6 Å². The van der Waals surface area contributed by atoms with Crippen LogP contribution in [0, 0.1) is 10.1 Å². The van der Waals surface area contributed by atoms with E-state index in [-0.39, 0.29) is 122 Å². The molecule has 0 aliphatic heterocycles. The number of nitro groups is 1. The maximum atomic E-state index is 12.8. The molecule has 0 saturated heterocycles. The summed E-state index contributed by atoms with van der Waals surface area (Å²) in [5.41, 5.74) is 2.63. The van der Waals surface area contributed by atoms with Crippen molar-refractivity contribution < 1.29 is 171 Å². The minimum absolute atomic E-state index is 0. The Kier molecular flexibility index (Phi) is 22.5. The molecular formula is C32H22CrN8Na3O15S3. The number of primary sulfonamides is 1. The maximum Gasteiger partial charge on any atom is 3.00 e. The van der Waals surface area contributed by atoms with E-state index in [1.54, 1.807) is 30.3 Å². The van der Waals surface area contributed by atoms with Crippen molar-refractivity contribution in [3.63, 3.8) is 0 Å². The van der Waals surface area contributed by atoms with Gasteiger partial charge in [-0.1, -0.05) is 48.4 Å². The molecule has 0 atom stereocenters. The summed E-state index contributed by atoms with van der Waals surface area (Å²) >= 11 is 0. The van der Waals surface area contributed by atoms with Crippen LogP contribution in [0.5, 0.6) is 17.2 Å². The molecule has 23 nitrogen and oxygen atoms in total. The predicted octanol–water partition coefficient (Wildman–Crippen LogP) is -7.57. The Labute approximate surface area is 428 Å². The number of nitro benzene ring substituents is 1. The van der Waals surface area contributed by atoms with Crippen molar-refractivity contribution in [2.24, 2.45) is 25.6 Å². The number of amides is 1. The molecule has 307 valence electrons. The summed E-state index contributed by atoms with van der Waals surface area (Å²) in [6, 6.07) is 15.7. The molecule has 0 spiro atoms. The summed E-state index contributed by atoms with van der Waals surface area (Å²) in [4.78, 5) is 19.4. The standard InChI is InChI=1S/C16H12N4O10S2.C16H16N4O5S.Cr.3Na/c17-9-2-4-12(31(25,26)27)8-6-13(32(28,29)30)15(16(22)14(8)9)19-18-10-3-1-7(20(23)24)5-11(10)21;1-10(21)15(16(23)18-11-5-3-2-4-6-11)20-19-13-9-12(26(17,24)25)7-8-14(13)22;;;;/h1-6,21-22H,17H2,(H,25,26,27)(H,28,29,30);2-9,21-22H,1H3,(H,18,23)(H2,17,24,25);;;;/q;;+3;3*+1/p-6/b;15-10-,20-19?;;;;. The fourth-order valence-electron chi connectivity index (χ4n) is 4.59. The first-order valence-corrected chi connectivity index (χ1v) is 19.6. The first-order valence-electron chi connectivity index (χ1n) is 15.2. The zero-order chi connectivity index (χ0) is 43.3. The number of anilines is 2. The number of azo groups is 2. The van der Waals surface area contributed by atoms with Gasteiger partial charge in [0.25, 0.3) is 11.6 Å². The van der Waals surface area contributed by atoms with Crippen LogP contribution < -0.4 is 125 Å². The van der Waals surface area contributed by atoms with E-state index < -0.39 is 107 Å². The Morgan fingerprint density at radius 1 is 0.742 bits per heavy atom. The van der Waals surface area contributed by atoms with E-state index in [0.29, 0.717) is 17.8 Å². The third kappa shape index (κ3) is 15.0. The number of benzene rings is 5. The van der Waals surface area contributed by atoms with Gasteiger partial charge in [-0.25, -0.2) is 30.4 Å². The number of sulfonamides is 1. The molecule has 1 radical (unpaired) electrons. The quantitative estimate of drug-likeness (QED) is 0.0171. The Bertz CT molecular complexity index is 2930. The molecule has 5 rings (SSSR count). The van der Waals surface area contributed by atoms with Crippen LogP contribution in [0.2, 0.25) is 0 Å². The number of nitrogens with one attached hydrogen (secondary N) is 1. The number of para-hydroxylation sites is 1. The number of nitrogen functional groups attached to an aromatic ring is 1. The number of rotatable bonds is 10. The third-order valence-electron chi connectivity index (χ3n) is 7.24. The second-order valence-electron chi connectivity index (χ2n) is 11.2. The summed E-state index contributed by atoms with van der Waals surface area (Å²) in [6.45, 7) is 1.11. The van der Waals surface area contributed by atoms with E-state index in [2.05, 4.69) is 25.8 Å².